The molecule has 2 rings (SSSR count). The Morgan fingerprint density at radius 3 is 2.72 bits per heavy atom. The predicted octanol–water partition coefficient (Wildman–Crippen LogP) is 1.93. The first-order chi connectivity index (χ1) is 8.50. The Bertz CT molecular complexity index is 484. The Kier molecular flexibility index (Phi) is 3.36. The lowest BCUT2D eigenvalue weighted by atomic mass is 9.93. The molecule has 1 aliphatic heterocycles. The summed E-state index contributed by atoms with van der Waals surface area (Å²) in [6.45, 7) is 4.10. The molecule has 96 valence electrons. The maximum atomic E-state index is 12.2. The maximum absolute atomic E-state index is 12.2. The lowest BCUT2D eigenvalue weighted by Gasteiger charge is -2.34. The largest absolute Gasteiger partial charge is 0.481 e. The number of anilines is 1. The fraction of sp³-hybridized carbons (Fsp3) is 0.429. The van der Waals surface area contributed by atoms with Crippen LogP contribution in [0.1, 0.15) is 19.4 Å². The van der Waals surface area contributed by atoms with Crippen molar-refractivity contribution in [1.82, 2.24) is 0 Å². The van der Waals surface area contributed by atoms with Gasteiger partial charge in [-0.25, -0.2) is 0 Å². The van der Waals surface area contributed by atoms with E-state index >= 15 is 0 Å². The number of amides is 1. The lowest BCUT2D eigenvalue weighted by molar-refractivity contribution is -0.145. The van der Waals surface area contributed by atoms with Crippen molar-refractivity contribution >= 4 is 17.6 Å². The van der Waals surface area contributed by atoms with Gasteiger partial charge < -0.3 is 10.0 Å². The highest BCUT2D eigenvalue weighted by molar-refractivity contribution is 6.05. The van der Waals surface area contributed by atoms with E-state index in [0.29, 0.717) is 12.5 Å². The average Bonchev–Trinajstić information content (AvgIpc) is 2.35. The van der Waals surface area contributed by atoms with Gasteiger partial charge in [0.05, 0.1) is 0 Å². The zero-order valence-electron chi connectivity index (χ0n) is 10.6. The van der Waals surface area contributed by atoms with E-state index in [1.54, 1.807) is 4.90 Å². The number of para-hydroxylation sites is 1. The van der Waals surface area contributed by atoms with Crippen LogP contribution in [0.5, 0.6) is 0 Å². The first kappa shape index (κ1) is 12.6. The van der Waals surface area contributed by atoms with Crippen LogP contribution < -0.4 is 4.90 Å². The van der Waals surface area contributed by atoms with Gasteiger partial charge in [-0.2, -0.15) is 0 Å². The molecule has 4 heteroatoms. The molecule has 1 aromatic carbocycles. The van der Waals surface area contributed by atoms with Crippen LogP contribution in [0.15, 0.2) is 24.3 Å². The van der Waals surface area contributed by atoms with Crippen LogP contribution in [-0.4, -0.2) is 23.5 Å². The zero-order chi connectivity index (χ0) is 13.3. The van der Waals surface area contributed by atoms with Crippen LogP contribution >= 0.6 is 0 Å². The van der Waals surface area contributed by atoms with Crippen LogP contribution in [0.4, 0.5) is 5.69 Å². The third kappa shape index (κ3) is 2.23. The molecular formula is C14H17NO3. The summed E-state index contributed by atoms with van der Waals surface area (Å²) in [5.41, 5.74) is 1.97. The molecule has 4 nitrogen and oxygen atoms in total. The summed E-state index contributed by atoms with van der Waals surface area (Å²) in [4.78, 5) is 24.7. The summed E-state index contributed by atoms with van der Waals surface area (Å²) in [7, 11) is 0. The monoisotopic (exact) mass is 247 g/mol. The molecule has 0 saturated heterocycles. The molecule has 0 aromatic heterocycles. The summed E-state index contributed by atoms with van der Waals surface area (Å²) >= 11 is 0. The van der Waals surface area contributed by atoms with Gasteiger partial charge in [0, 0.05) is 12.2 Å². The van der Waals surface area contributed by atoms with Crippen molar-refractivity contribution in [3.63, 3.8) is 0 Å². The summed E-state index contributed by atoms with van der Waals surface area (Å²) < 4.78 is 0. The standard InChI is InChI=1S/C14H17NO3/c1-9-7-11-5-3-4-6-12(11)15(8-9)13(16)10(2)14(17)18/h3-6,9-10H,7-8H2,1-2H3,(H,17,18). The fourth-order valence-corrected chi connectivity index (χ4v) is 2.34. The summed E-state index contributed by atoms with van der Waals surface area (Å²) in [5, 5.41) is 8.95. The van der Waals surface area contributed by atoms with Crippen molar-refractivity contribution in [2.45, 2.75) is 20.3 Å². The van der Waals surface area contributed by atoms with E-state index in [1.165, 1.54) is 6.92 Å². The molecule has 18 heavy (non-hydrogen) atoms. The van der Waals surface area contributed by atoms with E-state index in [0.717, 1.165) is 17.7 Å². The first-order valence-corrected chi connectivity index (χ1v) is 6.12. The van der Waals surface area contributed by atoms with E-state index in [9.17, 15) is 9.59 Å². The normalized spacial score (nSPS) is 20.1. The molecule has 0 fully saturated rings. The second-order valence-corrected chi connectivity index (χ2v) is 4.95. The number of carbonyl (C=O) groups excluding carboxylic acids is 1. The fourth-order valence-electron chi connectivity index (χ4n) is 2.34. The second-order valence-electron chi connectivity index (χ2n) is 4.95. The number of aliphatic carboxylic acids is 1. The van der Waals surface area contributed by atoms with Crippen molar-refractivity contribution in [2.24, 2.45) is 11.8 Å². The maximum Gasteiger partial charge on any atom is 0.315 e. The topological polar surface area (TPSA) is 57.6 Å². The molecule has 2 atom stereocenters. The van der Waals surface area contributed by atoms with Gasteiger partial charge in [0.15, 0.2) is 0 Å². The number of carbonyl (C=O) groups is 2. The minimum absolute atomic E-state index is 0.332. The molecule has 1 amide bonds. The van der Waals surface area contributed by atoms with Gasteiger partial charge >= 0.3 is 5.97 Å². The molecule has 1 heterocycles. The molecule has 0 aliphatic carbocycles. The van der Waals surface area contributed by atoms with Crippen LogP contribution in [0.3, 0.4) is 0 Å². The molecule has 2 unspecified atom stereocenters. The highest BCUT2D eigenvalue weighted by atomic mass is 16.4. The van der Waals surface area contributed by atoms with Crippen molar-refractivity contribution in [3.05, 3.63) is 29.8 Å². The summed E-state index contributed by atoms with van der Waals surface area (Å²) in [6.07, 6.45) is 0.932. The Morgan fingerprint density at radius 2 is 2.06 bits per heavy atom. The third-order valence-corrected chi connectivity index (χ3v) is 3.35. The quantitative estimate of drug-likeness (QED) is 0.812. The Balaban J connectivity index is 2.34. The number of hydrogen-bond donors (Lipinski definition) is 1. The highest BCUT2D eigenvalue weighted by Gasteiger charge is 2.31. The van der Waals surface area contributed by atoms with Crippen LogP contribution in [0.25, 0.3) is 0 Å². The molecule has 0 bridgehead atoms. The number of nitrogens with zero attached hydrogens (tertiary/aromatic N) is 1. The SMILES string of the molecule is CC1Cc2ccccc2N(C(=O)C(C)C(=O)O)C1. The molecule has 0 saturated carbocycles. The van der Waals surface area contributed by atoms with Gasteiger partial charge in [0.1, 0.15) is 5.92 Å². The van der Waals surface area contributed by atoms with E-state index in [4.69, 9.17) is 5.11 Å². The van der Waals surface area contributed by atoms with Crippen LogP contribution in [-0.2, 0) is 16.0 Å². The van der Waals surface area contributed by atoms with E-state index in [2.05, 4.69) is 6.92 Å². The highest BCUT2D eigenvalue weighted by Crippen LogP contribution is 2.30. The minimum Gasteiger partial charge on any atom is -0.481 e. The van der Waals surface area contributed by atoms with Crippen molar-refractivity contribution in [2.75, 3.05) is 11.4 Å². The molecule has 0 radical (unpaired) electrons. The molecule has 1 N–H and O–H groups in total. The average molecular weight is 247 g/mol. The predicted molar refractivity (Wildman–Crippen MR) is 68.5 cm³/mol. The number of carboxylic acid groups (broad SMARTS) is 1. The van der Waals surface area contributed by atoms with Crippen LogP contribution in [0, 0.1) is 11.8 Å². The molecule has 0 spiro atoms. The van der Waals surface area contributed by atoms with Gasteiger partial charge in [-0.15, -0.1) is 0 Å². The number of carboxylic acids is 1. The van der Waals surface area contributed by atoms with E-state index < -0.39 is 11.9 Å². The van der Waals surface area contributed by atoms with Crippen molar-refractivity contribution in [3.8, 4) is 0 Å². The number of hydrogen-bond acceptors (Lipinski definition) is 2. The van der Waals surface area contributed by atoms with Gasteiger partial charge in [-0.1, -0.05) is 25.1 Å². The van der Waals surface area contributed by atoms with Gasteiger partial charge in [0.2, 0.25) is 5.91 Å². The smallest absolute Gasteiger partial charge is 0.315 e. The number of benzene rings is 1. The lowest BCUT2D eigenvalue weighted by Crippen LogP contribution is -2.43. The number of fused-ring (bicyclic) bond motifs is 1. The third-order valence-electron chi connectivity index (χ3n) is 3.35. The second kappa shape index (κ2) is 4.80. The molecular weight excluding hydrogens is 230 g/mol. The van der Waals surface area contributed by atoms with E-state index in [1.807, 2.05) is 24.3 Å². The minimum atomic E-state index is -1.07. The summed E-state index contributed by atoms with van der Waals surface area (Å²) in [6, 6.07) is 7.70. The number of rotatable bonds is 2. The Labute approximate surface area is 106 Å². The van der Waals surface area contributed by atoms with Crippen molar-refractivity contribution in [1.29, 1.82) is 0 Å². The van der Waals surface area contributed by atoms with E-state index in [-0.39, 0.29) is 5.91 Å². The van der Waals surface area contributed by atoms with Gasteiger partial charge in [-0.3, -0.25) is 9.59 Å². The zero-order valence-corrected chi connectivity index (χ0v) is 10.6. The Hall–Kier alpha value is -1.84. The summed E-state index contributed by atoms with van der Waals surface area (Å²) in [5.74, 6) is -2.05. The Morgan fingerprint density at radius 1 is 1.39 bits per heavy atom. The van der Waals surface area contributed by atoms with Gasteiger partial charge in [0.25, 0.3) is 0 Å². The molecule has 1 aromatic rings. The van der Waals surface area contributed by atoms with Crippen LogP contribution in [0.2, 0.25) is 0 Å². The molecule has 1 aliphatic rings. The van der Waals surface area contributed by atoms with Gasteiger partial charge in [-0.05, 0) is 30.9 Å². The first-order valence-electron chi connectivity index (χ1n) is 6.12. The van der Waals surface area contributed by atoms with Crippen molar-refractivity contribution < 1.29 is 14.7 Å².